The average Bonchev–Trinajstić information content (AvgIpc) is 3.15. The molecular weight excluding hydrogens is 572 g/mol. The Labute approximate surface area is 244 Å². The Hall–Kier alpha value is -1.73. The molecule has 0 aromatic carbocycles. The normalized spacial score (nSPS) is 37.3. The van der Waals surface area contributed by atoms with Gasteiger partial charge in [-0.2, -0.15) is 8.42 Å². The summed E-state index contributed by atoms with van der Waals surface area (Å²) in [6.07, 6.45) is 5.35. The van der Waals surface area contributed by atoms with E-state index in [1.165, 1.54) is 0 Å². The lowest BCUT2D eigenvalue weighted by Crippen LogP contribution is -2.62. The Morgan fingerprint density at radius 3 is 2.54 bits per heavy atom. The van der Waals surface area contributed by atoms with Gasteiger partial charge in [-0.1, -0.05) is 25.0 Å². The number of hydrogen-bond donors (Lipinski definition) is 3. The zero-order chi connectivity index (χ0) is 30.4. The van der Waals surface area contributed by atoms with E-state index < -0.39 is 67.6 Å². The first-order valence-corrected chi connectivity index (χ1v) is 17.5. The van der Waals surface area contributed by atoms with Crippen LogP contribution in [0.5, 0.6) is 0 Å². The zero-order valence-electron chi connectivity index (χ0n) is 24.0. The Balaban J connectivity index is 1.35. The third kappa shape index (κ3) is 6.04. The molecule has 0 aliphatic heterocycles. The fourth-order valence-corrected chi connectivity index (χ4v) is 10.0. The second kappa shape index (κ2) is 11.7. The van der Waals surface area contributed by atoms with Crippen LogP contribution in [0.15, 0.2) is 23.3 Å². The first-order valence-electron chi connectivity index (χ1n) is 14.4. The molecule has 0 radical (unpaired) electrons. The smallest absolute Gasteiger partial charge is 0.307 e. The maximum atomic E-state index is 13.4. The van der Waals surface area contributed by atoms with Crippen molar-refractivity contribution in [3.05, 3.63) is 23.3 Å². The van der Waals surface area contributed by atoms with Crippen molar-refractivity contribution < 1.29 is 46.5 Å². The van der Waals surface area contributed by atoms with Crippen molar-refractivity contribution in [3.8, 4) is 0 Å². The van der Waals surface area contributed by atoms with Gasteiger partial charge in [0, 0.05) is 39.1 Å². The Bertz CT molecular complexity index is 1290. The lowest BCUT2D eigenvalue weighted by Gasteiger charge is -2.60. The van der Waals surface area contributed by atoms with Gasteiger partial charge in [-0.15, -0.1) is 0 Å². The quantitative estimate of drug-likeness (QED) is 0.178. The minimum Gasteiger partial charge on any atom is -0.458 e. The SMILES string of the molecule is CC1=CC(=O)C=C2CC[C@@H]3[C@H](C(O)C[C@@]4(C)[C@H]3CC[C@]4(O)C(=O)COC(=O)CCS(=O)CCCCS(=O)(=O)O)[C@@]12C. The van der Waals surface area contributed by atoms with Crippen LogP contribution in [0.1, 0.15) is 72.1 Å². The van der Waals surface area contributed by atoms with Crippen molar-refractivity contribution in [2.75, 3.05) is 23.9 Å². The zero-order valence-corrected chi connectivity index (χ0v) is 25.6. The summed E-state index contributed by atoms with van der Waals surface area (Å²) in [5.41, 5.74) is -1.13. The second-order valence-electron chi connectivity index (χ2n) is 12.7. The van der Waals surface area contributed by atoms with E-state index in [-0.39, 0.29) is 60.7 Å². The molecule has 3 N–H and O–H groups in total. The highest BCUT2D eigenvalue weighted by Crippen LogP contribution is 2.68. The highest BCUT2D eigenvalue weighted by atomic mass is 32.2. The number of unbranched alkanes of at least 4 members (excludes halogenated alkanes) is 1. The summed E-state index contributed by atoms with van der Waals surface area (Å²) in [6, 6.07) is 0. The molecule has 0 saturated heterocycles. The molecule has 3 saturated carbocycles. The molecule has 0 aromatic heterocycles. The number of fused-ring (bicyclic) bond motifs is 5. The molecule has 0 spiro atoms. The first kappa shape index (κ1) is 32.2. The van der Waals surface area contributed by atoms with Crippen LogP contribution >= 0.6 is 0 Å². The number of aliphatic hydroxyl groups is 2. The van der Waals surface area contributed by atoms with Gasteiger partial charge in [0.2, 0.25) is 5.78 Å². The Morgan fingerprint density at radius 2 is 1.85 bits per heavy atom. The number of rotatable bonds is 11. The molecule has 0 bridgehead atoms. The van der Waals surface area contributed by atoms with Gasteiger partial charge in [0.25, 0.3) is 10.1 Å². The predicted molar refractivity (Wildman–Crippen MR) is 152 cm³/mol. The summed E-state index contributed by atoms with van der Waals surface area (Å²) in [5.74, 6) is -1.69. The molecule has 4 rings (SSSR count). The number of aliphatic hydroxyl groups excluding tert-OH is 1. The van der Waals surface area contributed by atoms with E-state index in [4.69, 9.17) is 9.29 Å². The van der Waals surface area contributed by atoms with Crippen LogP contribution in [-0.2, 0) is 40.0 Å². The van der Waals surface area contributed by atoms with Crippen molar-refractivity contribution in [1.82, 2.24) is 0 Å². The third-order valence-corrected chi connectivity index (χ3v) is 12.8. The molecule has 41 heavy (non-hydrogen) atoms. The Morgan fingerprint density at radius 1 is 1.15 bits per heavy atom. The number of carbonyl (C=O) groups excluding carboxylic acids is 3. The van der Waals surface area contributed by atoms with Crippen LogP contribution < -0.4 is 0 Å². The number of hydrogen-bond acceptors (Lipinski definition) is 9. The van der Waals surface area contributed by atoms with Gasteiger partial charge in [0.1, 0.15) is 5.60 Å². The molecule has 10 nitrogen and oxygen atoms in total. The van der Waals surface area contributed by atoms with Crippen molar-refractivity contribution in [1.29, 1.82) is 0 Å². The number of carbonyl (C=O) groups is 3. The van der Waals surface area contributed by atoms with E-state index in [1.54, 1.807) is 12.2 Å². The summed E-state index contributed by atoms with van der Waals surface area (Å²) < 4.78 is 47.5. The van der Waals surface area contributed by atoms with E-state index in [0.29, 0.717) is 12.8 Å². The van der Waals surface area contributed by atoms with Crippen molar-refractivity contribution in [3.63, 3.8) is 0 Å². The van der Waals surface area contributed by atoms with E-state index in [9.17, 15) is 37.2 Å². The average molecular weight is 615 g/mol. The molecule has 4 aliphatic carbocycles. The predicted octanol–water partition coefficient (Wildman–Crippen LogP) is 2.31. The van der Waals surface area contributed by atoms with Gasteiger partial charge in [0.05, 0.1) is 18.3 Å². The first-order chi connectivity index (χ1) is 19.0. The molecule has 3 fully saturated rings. The van der Waals surface area contributed by atoms with Gasteiger partial charge in [-0.3, -0.25) is 23.1 Å². The molecule has 230 valence electrons. The maximum Gasteiger partial charge on any atom is 0.307 e. The minimum atomic E-state index is -4.06. The molecule has 12 heteroatoms. The van der Waals surface area contributed by atoms with Crippen LogP contribution in [0.25, 0.3) is 0 Å². The number of allylic oxidation sites excluding steroid dienone is 4. The maximum absolute atomic E-state index is 13.4. The highest BCUT2D eigenvalue weighted by molar-refractivity contribution is 7.85. The van der Waals surface area contributed by atoms with Crippen LogP contribution in [0.3, 0.4) is 0 Å². The van der Waals surface area contributed by atoms with E-state index in [2.05, 4.69) is 6.92 Å². The molecule has 2 unspecified atom stereocenters. The Kier molecular flexibility index (Phi) is 9.22. The highest BCUT2D eigenvalue weighted by Gasteiger charge is 2.68. The number of Topliss-reactive ketones (excluding diaryl/α,β-unsaturated/α-hetero) is 1. The molecule has 4 aliphatic rings. The largest absolute Gasteiger partial charge is 0.458 e. The fraction of sp³-hybridized carbons (Fsp3) is 0.759. The minimum absolute atomic E-state index is 0.00706. The van der Waals surface area contributed by atoms with E-state index in [0.717, 1.165) is 24.0 Å². The van der Waals surface area contributed by atoms with Crippen LogP contribution in [0, 0.1) is 28.6 Å². The standard InChI is InChI=1S/C29H42O10S2/c1-18-14-20(30)15-19-6-7-21-22-8-10-29(34,27(22,2)16-23(31)26(21)28(18,19)3)24(32)17-39-25(33)9-12-40(35)11-4-5-13-41(36,37)38/h14-15,21-23,26,31,34H,4-13,16-17H2,1-3H3,(H,36,37,38)/t21-,22-,23?,26+,27-,28-,29-,40?/m0/s1. The summed E-state index contributed by atoms with van der Waals surface area (Å²) in [7, 11) is -5.45. The molecule has 0 heterocycles. The summed E-state index contributed by atoms with van der Waals surface area (Å²) in [6.45, 7) is 5.28. The van der Waals surface area contributed by atoms with Crippen molar-refractivity contribution >= 4 is 38.5 Å². The van der Waals surface area contributed by atoms with Crippen LogP contribution in [0.2, 0.25) is 0 Å². The second-order valence-corrected chi connectivity index (χ2v) is 16.0. The number of ketones is 2. The molecular formula is C29H42O10S2. The molecule has 0 aromatic rings. The summed E-state index contributed by atoms with van der Waals surface area (Å²) in [5, 5.41) is 23.3. The monoisotopic (exact) mass is 614 g/mol. The number of esters is 1. The third-order valence-electron chi connectivity index (χ3n) is 10.6. The van der Waals surface area contributed by atoms with Gasteiger partial charge in [-0.25, -0.2) is 0 Å². The lowest BCUT2D eigenvalue weighted by atomic mass is 9.45. The van der Waals surface area contributed by atoms with Gasteiger partial charge in [-0.05, 0) is 75.9 Å². The van der Waals surface area contributed by atoms with Gasteiger partial charge >= 0.3 is 5.97 Å². The summed E-state index contributed by atoms with van der Waals surface area (Å²) >= 11 is 0. The van der Waals surface area contributed by atoms with Crippen molar-refractivity contribution in [2.45, 2.75) is 83.8 Å². The number of ether oxygens (including phenoxy) is 1. The topological polar surface area (TPSA) is 172 Å². The molecule has 0 amide bonds. The fourth-order valence-electron chi connectivity index (χ4n) is 8.33. The lowest BCUT2D eigenvalue weighted by molar-refractivity contribution is -0.181. The van der Waals surface area contributed by atoms with Crippen LogP contribution in [0.4, 0.5) is 0 Å². The van der Waals surface area contributed by atoms with Crippen LogP contribution in [-0.4, -0.2) is 80.5 Å². The van der Waals surface area contributed by atoms with Crippen molar-refractivity contribution in [2.24, 2.45) is 28.6 Å². The van der Waals surface area contributed by atoms with Gasteiger partial charge in [0.15, 0.2) is 12.4 Å². The van der Waals surface area contributed by atoms with Gasteiger partial charge < -0.3 is 14.9 Å². The van der Waals surface area contributed by atoms with E-state index >= 15 is 0 Å². The molecule has 8 atom stereocenters. The summed E-state index contributed by atoms with van der Waals surface area (Å²) in [4.78, 5) is 37.9. The van der Waals surface area contributed by atoms with E-state index in [1.807, 2.05) is 13.8 Å².